The third-order valence-corrected chi connectivity index (χ3v) is 12.2. The molecule has 3 nitrogen and oxygen atoms in total. The molecule has 0 saturated heterocycles. The summed E-state index contributed by atoms with van der Waals surface area (Å²) in [5.41, 5.74) is 10.8. The van der Waals surface area contributed by atoms with Gasteiger partial charge in [0, 0.05) is 63.9 Å². The number of fused-ring (bicyclic) bond motifs is 12. The molecular weight excluding hydrogens is 651 g/mol. The van der Waals surface area contributed by atoms with Gasteiger partial charge in [-0.2, -0.15) is 0 Å². The van der Waals surface area contributed by atoms with E-state index >= 15 is 0 Å². The van der Waals surface area contributed by atoms with Gasteiger partial charge in [-0.3, -0.25) is 0 Å². The first kappa shape index (κ1) is 28.1. The Hall–Kier alpha value is -6.62. The molecule has 0 atom stereocenters. The molecule has 12 aromatic rings. The first-order valence-electron chi connectivity index (χ1n) is 17.8. The lowest BCUT2D eigenvalue weighted by Crippen LogP contribution is -1.97. The largest absolute Gasteiger partial charge is 0.309 e. The highest BCUT2D eigenvalue weighted by Gasteiger charge is 2.20. The van der Waals surface area contributed by atoms with Crippen LogP contribution in [0.5, 0.6) is 0 Å². The van der Waals surface area contributed by atoms with Gasteiger partial charge in [0.1, 0.15) is 0 Å². The minimum atomic E-state index is 1.16. The van der Waals surface area contributed by atoms with Crippen molar-refractivity contribution < 1.29 is 0 Å². The number of thiophene rings is 1. The Bertz CT molecular complexity index is 3370. The lowest BCUT2D eigenvalue weighted by molar-refractivity contribution is 1.16. The van der Waals surface area contributed by atoms with E-state index in [9.17, 15) is 0 Å². The van der Waals surface area contributed by atoms with E-state index in [0.29, 0.717) is 0 Å². The molecule has 4 heterocycles. The van der Waals surface area contributed by atoms with Crippen molar-refractivity contribution >= 4 is 96.9 Å². The Morgan fingerprint density at radius 1 is 0.288 bits per heavy atom. The van der Waals surface area contributed by atoms with E-state index < -0.39 is 0 Å². The summed E-state index contributed by atoms with van der Waals surface area (Å²) < 4.78 is 9.96. The zero-order valence-electron chi connectivity index (χ0n) is 28.0. The van der Waals surface area contributed by atoms with Gasteiger partial charge >= 0.3 is 0 Å². The predicted octanol–water partition coefficient (Wildman–Crippen LogP) is 13.3. The third kappa shape index (κ3) is 3.74. The zero-order valence-corrected chi connectivity index (χ0v) is 28.8. The molecule has 242 valence electrons. The minimum absolute atomic E-state index is 1.16. The molecule has 0 fully saturated rings. The van der Waals surface area contributed by atoms with E-state index in [-0.39, 0.29) is 0 Å². The van der Waals surface area contributed by atoms with Crippen LogP contribution in [0.25, 0.3) is 103 Å². The van der Waals surface area contributed by atoms with E-state index in [1.165, 1.54) is 97.0 Å². The SMILES string of the molecule is c1ccc2c(c1)sc1cccc(-n3c4ccccc4c4cc(-n5c6ccccc6c6cc(-n7c8ccccc8c8ccccc87)ccc65)ccc43)c12. The first-order chi connectivity index (χ1) is 25.8. The van der Waals surface area contributed by atoms with Crippen molar-refractivity contribution in [1.82, 2.24) is 13.7 Å². The Morgan fingerprint density at radius 2 is 0.692 bits per heavy atom. The number of rotatable bonds is 3. The van der Waals surface area contributed by atoms with E-state index in [1.807, 2.05) is 11.3 Å². The van der Waals surface area contributed by atoms with Gasteiger partial charge in [0.15, 0.2) is 0 Å². The Kier molecular flexibility index (Phi) is 5.65. The van der Waals surface area contributed by atoms with Gasteiger partial charge < -0.3 is 13.7 Å². The fraction of sp³-hybridized carbons (Fsp3) is 0. The predicted molar refractivity (Wildman–Crippen MR) is 222 cm³/mol. The lowest BCUT2D eigenvalue weighted by Gasteiger charge is -2.12. The topological polar surface area (TPSA) is 14.8 Å². The molecular formula is C48H29N3S. The van der Waals surface area contributed by atoms with Crippen molar-refractivity contribution in [2.45, 2.75) is 0 Å². The second-order valence-electron chi connectivity index (χ2n) is 13.7. The molecule has 0 spiro atoms. The highest BCUT2D eigenvalue weighted by molar-refractivity contribution is 7.25. The molecule has 0 aliphatic heterocycles. The number of aromatic nitrogens is 3. The van der Waals surface area contributed by atoms with Gasteiger partial charge in [-0.05, 0) is 78.9 Å². The highest BCUT2D eigenvalue weighted by atomic mass is 32.1. The average Bonchev–Trinajstić information content (AvgIpc) is 3.94. The molecule has 0 radical (unpaired) electrons. The quantitative estimate of drug-likeness (QED) is 0.177. The molecule has 0 N–H and O–H groups in total. The van der Waals surface area contributed by atoms with Crippen molar-refractivity contribution in [3.63, 3.8) is 0 Å². The van der Waals surface area contributed by atoms with Crippen molar-refractivity contribution in [1.29, 1.82) is 0 Å². The Morgan fingerprint density at radius 3 is 1.25 bits per heavy atom. The fourth-order valence-electron chi connectivity index (χ4n) is 8.88. The highest BCUT2D eigenvalue weighted by Crippen LogP contribution is 2.42. The van der Waals surface area contributed by atoms with Gasteiger partial charge in [-0.25, -0.2) is 0 Å². The maximum atomic E-state index is 2.47. The maximum Gasteiger partial charge on any atom is 0.0555 e. The van der Waals surface area contributed by atoms with Gasteiger partial charge in [0.05, 0.1) is 38.8 Å². The van der Waals surface area contributed by atoms with Crippen LogP contribution in [0, 0.1) is 0 Å². The molecule has 52 heavy (non-hydrogen) atoms. The molecule has 0 aliphatic rings. The van der Waals surface area contributed by atoms with Crippen molar-refractivity contribution in [2.75, 3.05) is 0 Å². The summed E-state index contributed by atoms with van der Waals surface area (Å²) in [6, 6.07) is 64.7. The number of hydrogen-bond acceptors (Lipinski definition) is 1. The summed E-state index contributed by atoms with van der Waals surface area (Å²) in [4.78, 5) is 0. The molecule has 0 aliphatic carbocycles. The Labute approximate surface area is 302 Å². The summed E-state index contributed by atoms with van der Waals surface area (Å²) in [5.74, 6) is 0. The van der Waals surface area contributed by atoms with E-state index in [2.05, 4.69) is 190 Å². The van der Waals surface area contributed by atoms with Gasteiger partial charge in [-0.15, -0.1) is 11.3 Å². The molecule has 0 amide bonds. The van der Waals surface area contributed by atoms with Gasteiger partial charge in [0.2, 0.25) is 0 Å². The average molecular weight is 680 g/mol. The minimum Gasteiger partial charge on any atom is -0.309 e. The smallest absolute Gasteiger partial charge is 0.0555 e. The van der Waals surface area contributed by atoms with Crippen molar-refractivity contribution in [2.24, 2.45) is 0 Å². The molecule has 4 heteroatoms. The van der Waals surface area contributed by atoms with Crippen LogP contribution in [0.15, 0.2) is 176 Å². The Balaban J connectivity index is 1.11. The van der Waals surface area contributed by atoms with Crippen LogP contribution < -0.4 is 0 Å². The fourth-order valence-corrected chi connectivity index (χ4v) is 10.0. The van der Waals surface area contributed by atoms with E-state index in [1.54, 1.807) is 0 Å². The van der Waals surface area contributed by atoms with E-state index in [0.717, 1.165) is 5.69 Å². The van der Waals surface area contributed by atoms with Crippen molar-refractivity contribution in [3.05, 3.63) is 176 Å². The molecule has 0 bridgehead atoms. The number of benzene rings is 8. The van der Waals surface area contributed by atoms with Crippen LogP contribution in [0.1, 0.15) is 0 Å². The molecule has 0 unspecified atom stereocenters. The summed E-state index contributed by atoms with van der Waals surface area (Å²) >= 11 is 1.87. The summed E-state index contributed by atoms with van der Waals surface area (Å²) in [6.07, 6.45) is 0. The van der Waals surface area contributed by atoms with Gasteiger partial charge in [-0.1, -0.05) is 97.1 Å². The van der Waals surface area contributed by atoms with Crippen LogP contribution in [0.4, 0.5) is 0 Å². The molecule has 8 aromatic carbocycles. The number of hydrogen-bond donors (Lipinski definition) is 0. The third-order valence-electron chi connectivity index (χ3n) is 11.0. The standard InChI is InChI=1S/C48H29N3S/c1-6-17-39-32(12-1)33-13-2-7-18-40(33)49(39)30-24-26-43-37(28-30)34-14-3-8-19-41(34)50(43)31-25-27-44-38(29-31)35-15-4-9-20-42(35)51(44)45-21-11-23-47-48(45)36-16-5-10-22-46(36)52-47/h1-29H. The second-order valence-corrected chi connectivity index (χ2v) is 14.8. The summed E-state index contributed by atoms with van der Waals surface area (Å²) in [7, 11) is 0. The first-order valence-corrected chi connectivity index (χ1v) is 18.6. The second kappa shape index (κ2) is 10.5. The monoisotopic (exact) mass is 679 g/mol. The molecule has 4 aromatic heterocycles. The van der Waals surface area contributed by atoms with Crippen LogP contribution in [0.3, 0.4) is 0 Å². The molecule has 0 saturated carbocycles. The summed E-state index contributed by atoms with van der Waals surface area (Å²) in [5, 5.41) is 10.2. The normalized spacial score (nSPS) is 12.2. The number of nitrogens with zero attached hydrogens (tertiary/aromatic N) is 3. The van der Waals surface area contributed by atoms with Crippen LogP contribution in [-0.2, 0) is 0 Å². The maximum absolute atomic E-state index is 2.47. The van der Waals surface area contributed by atoms with Crippen LogP contribution >= 0.6 is 11.3 Å². The zero-order chi connectivity index (χ0) is 33.9. The number of para-hydroxylation sites is 4. The van der Waals surface area contributed by atoms with E-state index in [4.69, 9.17) is 0 Å². The summed E-state index contributed by atoms with van der Waals surface area (Å²) in [6.45, 7) is 0. The van der Waals surface area contributed by atoms with Crippen LogP contribution in [-0.4, -0.2) is 13.7 Å². The van der Waals surface area contributed by atoms with Crippen molar-refractivity contribution in [3.8, 4) is 17.1 Å². The van der Waals surface area contributed by atoms with Crippen LogP contribution in [0.2, 0.25) is 0 Å². The lowest BCUT2D eigenvalue weighted by atomic mass is 10.1. The van der Waals surface area contributed by atoms with Gasteiger partial charge in [0.25, 0.3) is 0 Å². The molecule has 12 rings (SSSR count).